The van der Waals surface area contributed by atoms with Crippen molar-refractivity contribution in [3.8, 4) is 0 Å². The first-order chi connectivity index (χ1) is 10.1. The maximum Gasteiger partial charge on any atom is 0.306 e. The molecule has 0 radical (unpaired) electrons. The van der Waals surface area contributed by atoms with E-state index in [1.54, 1.807) is 6.07 Å². The summed E-state index contributed by atoms with van der Waals surface area (Å²) < 4.78 is 18.1. The molecule has 0 fully saturated rings. The van der Waals surface area contributed by atoms with Gasteiger partial charge in [0.25, 0.3) is 0 Å². The lowest BCUT2D eigenvalue weighted by Gasteiger charge is -2.03. The second kappa shape index (κ2) is 6.88. The number of H-pyrrole nitrogens is 1. The Morgan fingerprint density at radius 3 is 2.86 bits per heavy atom. The van der Waals surface area contributed by atoms with E-state index in [4.69, 9.17) is 9.84 Å². The summed E-state index contributed by atoms with van der Waals surface area (Å²) in [6.45, 7) is 0.223. The first-order valence-electron chi connectivity index (χ1n) is 6.69. The van der Waals surface area contributed by atoms with Gasteiger partial charge in [0.05, 0.1) is 19.4 Å². The summed E-state index contributed by atoms with van der Waals surface area (Å²) in [6, 6.07) is 4.55. The van der Waals surface area contributed by atoms with Crippen molar-refractivity contribution in [2.75, 3.05) is 6.61 Å². The van der Waals surface area contributed by atoms with Crippen LogP contribution in [0.2, 0.25) is 0 Å². The zero-order valence-electron chi connectivity index (χ0n) is 11.4. The fourth-order valence-corrected chi connectivity index (χ4v) is 2.09. The van der Waals surface area contributed by atoms with Crippen LogP contribution in [0.1, 0.15) is 24.8 Å². The number of fused-ring (bicyclic) bond motifs is 1. The maximum absolute atomic E-state index is 13.2. The van der Waals surface area contributed by atoms with Crippen LogP contribution in [0.5, 0.6) is 0 Å². The summed E-state index contributed by atoms with van der Waals surface area (Å²) in [6.07, 6.45) is 2.72. The molecule has 0 bridgehead atoms. The Morgan fingerprint density at radius 2 is 2.10 bits per heavy atom. The van der Waals surface area contributed by atoms with E-state index >= 15 is 0 Å². The molecule has 0 atom stereocenters. The Morgan fingerprint density at radius 1 is 1.29 bits per heavy atom. The number of aromatic amines is 1. The van der Waals surface area contributed by atoms with Gasteiger partial charge in [-0.05, 0) is 36.6 Å². The fourth-order valence-electron chi connectivity index (χ4n) is 2.09. The first kappa shape index (κ1) is 15.0. The summed E-state index contributed by atoms with van der Waals surface area (Å²) in [4.78, 5) is 24.6. The fraction of sp³-hybridized carbons (Fsp3) is 0.333. The van der Waals surface area contributed by atoms with E-state index in [9.17, 15) is 14.0 Å². The van der Waals surface area contributed by atoms with E-state index in [0.717, 1.165) is 16.5 Å². The third kappa shape index (κ3) is 4.30. The second-order valence-electron chi connectivity index (χ2n) is 4.72. The molecule has 2 aromatic rings. The van der Waals surface area contributed by atoms with E-state index in [1.807, 2.05) is 6.20 Å². The average Bonchev–Trinajstić information content (AvgIpc) is 2.83. The Bertz CT molecular complexity index is 650. The molecule has 21 heavy (non-hydrogen) atoms. The van der Waals surface area contributed by atoms with Gasteiger partial charge in [-0.25, -0.2) is 4.39 Å². The minimum atomic E-state index is -1.02. The smallest absolute Gasteiger partial charge is 0.306 e. The number of aromatic nitrogens is 1. The number of carboxylic acids is 1. The van der Waals surface area contributed by atoms with Gasteiger partial charge in [-0.3, -0.25) is 9.59 Å². The molecular weight excluding hydrogens is 277 g/mol. The number of carbonyl (C=O) groups is 2. The topological polar surface area (TPSA) is 79.4 Å². The van der Waals surface area contributed by atoms with Crippen LogP contribution < -0.4 is 0 Å². The number of benzene rings is 1. The molecule has 0 aliphatic heterocycles. The number of carboxylic acid groups (broad SMARTS) is 1. The van der Waals surface area contributed by atoms with Crippen LogP contribution in [0, 0.1) is 5.82 Å². The lowest BCUT2D eigenvalue weighted by Crippen LogP contribution is -2.08. The van der Waals surface area contributed by atoms with Gasteiger partial charge in [-0.15, -0.1) is 0 Å². The number of halogens is 1. The highest BCUT2D eigenvalue weighted by molar-refractivity contribution is 5.83. The Kier molecular flexibility index (Phi) is 4.92. The molecule has 1 aromatic heterocycles. The van der Waals surface area contributed by atoms with Gasteiger partial charge < -0.3 is 14.8 Å². The van der Waals surface area contributed by atoms with Crippen LogP contribution >= 0.6 is 0 Å². The summed E-state index contributed by atoms with van der Waals surface area (Å²) in [5.74, 6) is -1.82. The van der Waals surface area contributed by atoms with E-state index in [-0.39, 0.29) is 25.3 Å². The number of hydrogen-bond acceptors (Lipinski definition) is 3. The summed E-state index contributed by atoms with van der Waals surface area (Å²) in [5.41, 5.74) is 1.83. The molecule has 6 heteroatoms. The Hall–Kier alpha value is -2.37. The van der Waals surface area contributed by atoms with Crippen molar-refractivity contribution < 1.29 is 23.8 Å². The van der Waals surface area contributed by atoms with Crippen molar-refractivity contribution in [3.63, 3.8) is 0 Å². The molecule has 112 valence electrons. The minimum Gasteiger partial charge on any atom is -0.481 e. The standard InChI is InChI=1S/C15H16FNO4/c16-11-3-4-13-12(8-11)10(9-17-13)2-1-7-21-15(20)6-5-14(18)19/h3-4,8-9,17H,1-2,5-7H2,(H,18,19). The Labute approximate surface area is 120 Å². The molecular formula is C15H16FNO4. The third-order valence-corrected chi connectivity index (χ3v) is 3.13. The van der Waals surface area contributed by atoms with Crippen molar-refractivity contribution in [2.24, 2.45) is 0 Å². The normalized spacial score (nSPS) is 10.7. The number of hydrogen-bond donors (Lipinski definition) is 2. The predicted molar refractivity (Wildman–Crippen MR) is 74.4 cm³/mol. The number of nitrogens with one attached hydrogen (secondary N) is 1. The van der Waals surface area contributed by atoms with Crippen molar-refractivity contribution in [2.45, 2.75) is 25.7 Å². The van der Waals surface area contributed by atoms with Crippen LogP contribution in [-0.2, 0) is 20.7 Å². The highest BCUT2D eigenvalue weighted by atomic mass is 19.1. The molecule has 0 spiro atoms. The molecule has 0 aliphatic carbocycles. The number of ether oxygens (including phenoxy) is 1. The van der Waals surface area contributed by atoms with Gasteiger partial charge >= 0.3 is 11.9 Å². The van der Waals surface area contributed by atoms with Crippen LogP contribution in [0.4, 0.5) is 4.39 Å². The number of aryl methyl sites for hydroxylation is 1. The lowest BCUT2D eigenvalue weighted by atomic mass is 10.1. The number of esters is 1. The maximum atomic E-state index is 13.2. The minimum absolute atomic E-state index is 0.117. The van der Waals surface area contributed by atoms with Crippen LogP contribution in [0.25, 0.3) is 10.9 Å². The van der Waals surface area contributed by atoms with Crippen molar-refractivity contribution >= 4 is 22.8 Å². The van der Waals surface area contributed by atoms with Crippen molar-refractivity contribution in [3.05, 3.63) is 35.8 Å². The Balaban J connectivity index is 1.79. The zero-order valence-corrected chi connectivity index (χ0v) is 11.4. The zero-order chi connectivity index (χ0) is 15.2. The van der Waals surface area contributed by atoms with Crippen LogP contribution in [0.3, 0.4) is 0 Å². The highest BCUT2D eigenvalue weighted by Crippen LogP contribution is 2.20. The molecule has 0 amide bonds. The number of aliphatic carboxylic acids is 1. The lowest BCUT2D eigenvalue weighted by molar-refractivity contribution is -0.147. The summed E-state index contributed by atoms with van der Waals surface area (Å²) in [7, 11) is 0. The van der Waals surface area contributed by atoms with Crippen LogP contribution in [-0.4, -0.2) is 28.6 Å². The quantitative estimate of drug-likeness (QED) is 0.607. The predicted octanol–water partition coefficient (Wildman–Crippen LogP) is 2.65. The van der Waals surface area contributed by atoms with Gasteiger partial charge in [-0.1, -0.05) is 0 Å². The van der Waals surface area contributed by atoms with E-state index in [0.29, 0.717) is 12.8 Å². The van der Waals surface area contributed by atoms with Gasteiger partial charge in [0, 0.05) is 17.1 Å². The van der Waals surface area contributed by atoms with Gasteiger partial charge in [-0.2, -0.15) is 0 Å². The molecule has 1 aromatic carbocycles. The molecule has 1 heterocycles. The van der Waals surface area contributed by atoms with E-state index < -0.39 is 11.9 Å². The molecule has 0 unspecified atom stereocenters. The van der Waals surface area contributed by atoms with Crippen LogP contribution in [0.15, 0.2) is 24.4 Å². The molecule has 2 N–H and O–H groups in total. The first-order valence-corrected chi connectivity index (χ1v) is 6.69. The third-order valence-electron chi connectivity index (χ3n) is 3.13. The van der Waals surface area contributed by atoms with Crippen molar-refractivity contribution in [1.29, 1.82) is 0 Å². The average molecular weight is 293 g/mol. The highest BCUT2D eigenvalue weighted by Gasteiger charge is 2.08. The van der Waals surface area contributed by atoms with Gasteiger partial charge in [0.1, 0.15) is 5.82 Å². The SMILES string of the molecule is O=C(O)CCC(=O)OCCCc1c[nH]c2ccc(F)cc12. The molecule has 5 nitrogen and oxygen atoms in total. The van der Waals surface area contributed by atoms with Gasteiger partial charge in [0.2, 0.25) is 0 Å². The molecule has 0 saturated carbocycles. The monoisotopic (exact) mass is 293 g/mol. The van der Waals surface area contributed by atoms with Crippen molar-refractivity contribution in [1.82, 2.24) is 4.98 Å². The number of rotatable bonds is 7. The van der Waals surface area contributed by atoms with Gasteiger partial charge in [0.15, 0.2) is 0 Å². The molecule has 2 rings (SSSR count). The van der Waals surface area contributed by atoms with E-state index in [2.05, 4.69) is 4.98 Å². The number of carbonyl (C=O) groups excluding carboxylic acids is 1. The molecule has 0 aliphatic rings. The second-order valence-corrected chi connectivity index (χ2v) is 4.72. The summed E-state index contributed by atoms with van der Waals surface area (Å²) in [5, 5.41) is 9.27. The summed E-state index contributed by atoms with van der Waals surface area (Å²) >= 11 is 0. The largest absolute Gasteiger partial charge is 0.481 e. The molecule has 0 saturated heterocycles. The van der Waals surface area contributed by atoms with E-state index in [1.165, 1.54) is 12.1 Å².